The van der Waals surface area contributed by atoms with Gasteiger partial charge < -0.3 is 9.47 Å². The topological polar surface area (TPSA) is 18.5 Å². The molecule has 3 rings (SSSR count). The molecule has 1 aliphatic rings. The van der Waals surface area contributed by atoms with Gasteiger partial charge in [-0.05, 0) is 26.0 Å². The first-order valence-corrected chi connectivity index (χ1v) is 6.62. The maximum Gasteiger partial charge on any atom is 0.230 e. The Morgan fingerprint density at radius 2 is 1.32 bits per heavy atom. The molecule has 0 spiro atoms. The standard InChI is InChI=1S/C17H18O2/c1-11-4-6-16-14(8-11)13(3)15-9-12(2)5-7-17(15)19-10-18-16/h4-9,13H,10H2,1-3H3. The third-order valence-electron chi connectivity index (χ3n) is 3.69. The predicted molar refractivity (Wildman–Crippen MR) is 76.0 cm³/mol. The second kappa shape index (κ2) is 4.61. The minimum absolute atomic E-state index is 0.263. The lowest BCUT2D eigenvalue weighted by Gasteiger charge is -2.24. The average Bonchev–Trinajstić information content (AvgIpc) is 2.39. The summed E-state index contributed by atoms with van der Waals surface area (Å²) in [6, 6.07) is 12.6. The number of aryl methyl sites for hydroxylation is 2. The molecule has 0 radical (unpaired) electrons. The van der Waals surface area contributed by atoms with Crippen molar-refractivity contribution in [2.24, 2.45) is 0 Å². The molecule has 0 unspecified atom stereocenters. The van der Waals surface area contributed by atoms with Crippen molar-refractivity contribution < 1.29 is 9.47 Å². The summed E-state index contributed by atoms with van der Waals surface area (Å²) in [4.78, 5) is 0. The summed E-state index contributed by atoms with van der Waals surface area (Å²) in [5, 5.41) is 0. The largest absolute Gasteiger partial charge is 0.457 e. The van der Waals surface area contributed by atoms with Crippen LogP contribution in [-0.4, -0.2) is 6.79 Å². The third kappa shape index (κ3) is 2.19. The number of hydrogen-bond donors (Lipinski definition) is 0. The summed E-state index contributed by atoms with van der Waals surface area (Å²) in [5.74, 6) is 2.11. The SMILES string of the molecule is Cc1ccc2c(c1)C(C)c1cc(C)ccc1OCO2. The number of hydrogen-bond acceptors (Lipinski definition) is 2. The van der Waals surface area contributed by atoms with Gasteiger partial charge in [-0.3, -0.25) is 0 Å². The molecule has 0 N–H and O–H groups in total. The quantitative estimate of drug-likeness (QED) is 0.702. The zero-order valence-electron chi connectivity index (χ0n) is 11.6. The van der Waals surface area contributed by atoms with Crippen LogP contribution in [0, 0.1) is 13.8 Å². The van der Waals surface area contributed by atoms with Crippen LogP contribution >= 0.6 is 0 Å². The van der Waals surface area contributed by atoms with E-state index in [1.807, 2.05) is 12.1 Å². The van der Waals surface area contributed by atoms with Gasteiger partial charge >= 0.3 is 0 Å². The molecule has 2 aromatic carbocycles. The van der Waals surface area contributed by atoms with E-state index >= 15 is 0 Å². The second-order valence-corrected chi connectivity index (χ2v) is 5.21. The van der Waals surface area contributed by atoms with E-state index in [0.717, 1.165) is 11.5 Å². The smallest absolute Gasteiger partial charge is 0.230 e. The van der Waals surface area contributed by atoms with Crippen LogP contribution in [0.25, 0.3) is 0 Å². The maximum atomic E-state index is 5.72. The maximum absolute atomic E-state index is 5.72. The third-order valence-corrected chi connectivity index (χ3v) is 3.69. The molecule has 1 aliphatic heterocycles. The molecule has 0 saturated carbocycles. The summed E-state index contributed by atoms with van der Waals surface area (Å²) in [6.07, 6.45) is 0. The fourth-order valence-corrected chi connectivity index (χ4v) is 2.60. The Morgan fingerprint density at radius 3 is 1.79 bits per heavy atom. The Kier molecular flexibility index (Phi) is 2.94. The molecule has 2 nitrogen and oxygen atoms in total. The molecule has 1 heterocycles. The average molecular weight is 254 g/mol. The van der Waals surface area contributed by atoms with E-state index < -0.39 is 0 Å². The van der Waals surface area contributed by atoms with Crippen LogP contribution < -0.4 is 9.47 Å². The minimum atomic E-state index is 0.263. The van der Waals surface area contributed by atoms with Crippen molar-refractivity contribution >= 4 is 0 Å². The lowest BCUT2D eigenvalue weighted by atomic mass is 9.89. The number of ether oxygens (including phenoxy) is 2. The van der Waals surface area contributed by atoms with Crippen LogP contribution in [-0.2, 0) is 0 Å². The Morgan fingerprint density at radius 1 is 0.842 bits per heavy atom. The van der Waals surface area contributed by atoms with Gasteiger partial charge in [0.2, 0.25) is 6.79 Å². The highest BCUT2D eigenvalue weighted by Crippen LogP contribution is 2.38. The van der Waals surface area contributed by atoms with Crippen LogP contribution in [0.5, 0.6) is 11.5 Å². The van der Waals surface area contributed by atoms with Gasteiger partial charge in [-0.25, -0.2) is 0 Å². The van der Waals surface area contributed by atoms with Gasteiger partial charge in [-0.2, -0.15) is 0 Å². The normalized spacial score (nSPS) is 14.5. The Hall–Kier alpha value is -1.96. The van der Waals surface area contributed by atoms with Gasteiger partial charge in [-0.1, -0.05) is 42.3 Å². The van der Waals surface area contributed by atoms with E-state index in [0.29, 0.717) is 0 Å². The van der Waals surface area contributed by atoms with E-state index in [-0.39, 0.29) is 12.7 Å². The second-order valence-electron chi connectivity index (χ2n) is 5.21. The van der Waals surface area contributed by atoms with E-state index in [4.69, 9.17) is 9.47 Å². The molecule has 0 fully saturated rings. The highest BCUT2D eigenvalue weighted by atomic mass is 16.7. The molecule has 2 heteroatoms. The molecule has 0 amide bonds. The monoisotopic (exact) mass is 254 g/mol. The Labute approximate surface area is 114 Å². The highest BCUT2D eigenvalue weighted by molar-refractivity contribution is 5.49. The number of fused-ring (bicyclic) bond motifs is 2. The molecule has 0 atom stereocenters. The zero-order valence-corrected chi connectivity index (χ0v) is 11.6. The lowest BCUT2D eigenvalue weighted by Crippen LogP contribution is -2.14. The fraction of sp³-hybridized carbons (Fsp3) is 0.294. The predicted octanol–water partition coefficient (Wildman–Crippen LogP) is 4.18. The van der Waals surface area contributed by atoms with Gasteiger partial charge in [0.05, 0.1) is 0 Å². The first kappa shape index (κ1) is 12.1. The number of benzene rings is 2. The van der Waals surface area contributed by atoms with Crippen LogP contribution in [0.15, 0.2) is 36.4 Å². The minimum Gasteiger partial charge on any atom is -0.457 e. The van der Waals surface area contributed by atoms with Crippen molar-refractivity contribution in [2.45, 2.75) is 26.7 Å². The van der Waals surface area contributed by atoms with Crippen molar-refractivity contribution in [1.82, 2.24) is 0 Å². The van der Waals surface area contributed by atoms with Crippen molar-refractivity contribution in [3.8, 4) is 11.5 Å². The summed E-state index contributed by atoms with van der Waals surface area (Å²) < 4.78 is 11.4. The fourth-order valence-electron chi connectivity index (χ4n) is 2.60. The Balaban J connectivity index is 2.17. The molecule has 0 saturated heterocycles. The lowest BCUT2D eigenvalue weighted by molar-refractivity contribution is 0.114. The van der Waals surface area contributed by atoms with Gasteiger partial charge in [0.15, 0.2) is 0 Å². The van der Waals surface area contributed by atoms with E-state index in [2.05, 4.69) is 45.0 Å². The first-order chi connectivity index (χ1) is 9.15. The summed E-state index contributed by atoms with van der Waals surface area (Å²) in [5.41, 5.74) is 4.97. The van der Waals surface area contributed by atoms with Gasteiger partial charge in [-0.15, -0.1) is 0 Å². The Bertz CT molecular complexity index is 563. The molecule has 19 heavy (non-hydrogen) atoms. The zero-order chi connectivity index (χ0) is 13.4. The molecule has 0 bridgehead atoms. The van der Waals surface area contributed by atoms with Crippen LogP contribution in [0.3, 0.4) is 0 Å². The van der Waals surface area contributed by atoms with Crippen molar-refractivity contribution in [3.63, 3.8) is 0 Å². The van der Waals surface area contributed by atoms with Crippen molar-refractivity contribution in [3.05, 3.63) is 58.7 Å². The highest BCUT2D eigenvalue weighted by Gasteiger charge is 2.20. The van der Waals surface area contributed by atoms with E-state index in [1.165, 1.54) is 22.3 Å². The summed E-state index contributed by atoms with van der Waals surface area (Å²) >= 11 is 0. The summed E-state index contributed by atoms with van der Waals surface area (Å²) in [7, 11) is 0. The molecule has 0 aliphatic carbocycles. The van der Waals surface area contributed by atoms with Crippen molar-refractivity contribution in [2.75, 3.05) is 6.79 Å². The first-order valence-electron chi connectivity index (χ1n) is 6.62. The molecular formula is C17H18O2. The van der Waals surface area contributed by atoms with Crippen molar-refractivity contribution in [1.29, 1.82) is 0 Å². The van der Waals surface area contributed by atoms with Gasteiger partial charge in [0, 0.05) is 17.0 Å². The molecule has 98 valence electrons. The van der Waals surface area contributed by atoms with E-state index in [9.17, 15) is 0 Å². The van der Waals surface area contributed by atoms with Crippen LogP contribution in [0.1, 0.15) is 35.1 Å². The van der Waals surface area contributed by atoms with Crippen LogP contribution in [0.4, 0.5) is 0 Å². The molecule has 0 aromatic heterocycles. The van der Waals surface area contributed by atoms with Gasteiger partial charge in [0.1, 0.15) is 11.5 Å². The molecule has 2 aromatic rings. The van der Waals surface area contributed by atoms with Gasteiger partial charge in [0.25, 0.3) is 0 Å². The molecular weight excluding hydrogens is 236 g/mol. The summed E-state index contributed by atoms with van der Waals surface area (Å²) in [6.45, 7) is 6.69. The van der Waals surface area contributed by atoms with E-state index in [1.54, 1.807) is 0 Å². The number of rotatable bonds is 0. The van der Waals surface area contributed by atoms with Crippen LogP contribution in [0.2, 0.25) is 0 Å².